The summed E-state index contributed by atoms with van der Waals surface area (Å²) >= 11 is 0. The molecule has 0 aliphatic heterocycles. The smallest absolute Gasteiger partial charge is 0.167 e. The van der Waals surface area contributed by atoms with Crippen LogP contribution < -0.4 is 10.5 Å². The van der Waals surface area contributed by atoms with Crippen LogP contribution in [0.3, 0.4) is 0 Å². The quantitative estimate of drug-likeness (QED) is 0.775. The summed E-state index contributed by atoms with van der Waals surface area (Å²) < 4.78 is 30.5. The first-order valence-electron chi connectivity index (χ1n) is 4.57. The Balaban J connectivity index is 2.44. The summed E-state index contributed by atoms with van der Waals surface area (Å²) in [5.74, 6) is -1.40. The Bertz CT molecular complexity index is 320. The molecule has 1 aromatic carbocycles. The standard InChI is InChI=1S/C10H13F2NO2/c11-7-1-2-10(9(12)5-7)15-4-3-8(13)6-14/h1-2,5,8,14H,3-4,6,13H2. The third-order valence-electron chi connectivity index (χ3n) is 1.87. The van der Waals surface area contributed by atoms with Crippen molar-refractivity contribution in [3.8, 4) is 5.75 Å². The molecule has 0 spiro atoms. The molecule has 0 saturated carbocycles. The summed E-state index contributed by atoms with van der Waals surface area (Å²) in [6.07, 6.45) is 0.410. The third-order valence-corrected chi connectivity index (χ3v) is 1.87. The molecule has 0 saturated heterocycles. The highest BCUT2D eigenvalue weighted by molar-refractivity contribution is 5.24. The molecule has 0 bridgehead atoms. The molecular weight excluding hydrogens is 204 g/mol. The molecule has 0 amide bonds. The Morgan fingerprint density at radius 3 is 2.73 bits per heavy atom. The minimum atomic E-state index is -0.743. The van der Waals surface area contributed by atoms with Crippen molar-refractivity contribution in [2.75, 3.05) is 13.2 Å². The predicted molar refractivity (Wildman–Crippen MR) is 51.5 cm³/mol. The molecule has 5 heteroatoms. The van der Waals surface area contributed by atoms with Crippen molar-refractivity contribution in [3.05, 3.63) is 29.8 Å². The number of hydrogen-bond acceptors (Lipinski definition) is 3. The molecule has 0 aromatic heterocycles. The van der Waals surface area contributed by atoms with Crippen LogP contribution in [0.4, 0.5) is 8.78 Å². The minimum absolute atomic E-state index is 0.0125. The number of hydrogen-bond donors (Lipinski definition) is 2. The molecule has 0 radical (unpaired) electrons. The lowest BCUT2D eigenvalue weighted by atomic mass is 10.2. The van der Waals surface area contributed by atoms with Crippen LogP contribution in [-0.2, 0) is 0 Å². The molecular formula is C10H13F2NO2. The van der Waals surface area contributed by atoms with Crippen LogP contribution in [0, 0.1) is 11.6 Å². The first-order chi connectivity index (χ1) is 7.13. The minimum Gasteiger partial charge on any atom is -0.490 e. The molecule has 0 heterocycles. The van der Waals surface area contributed by atoms with Crippen molar-refractivity contribution in [2.24, 2.45) is 5.73 Å². The van der Waals surface area contributed by atoms with Crippen LogP contribution in [0.15, 0.2) is 18.2 Å². The van der Waals surface area contributed by atoms with E-state index >= 15 is 0 Å². The van der Waals surface area contributed by atoms with Gasteiger partial charge in [0, 0.05) is 12.1 Å². The van der Waals surface area contributed by atoms with Gasteiger partial charge in [-0.1, -0.05) is 0 Å². The fourth-order valence-electron chi connectivity index (χ4n) is 1.00. The predicted octanol–water partition coefficient (Wildman–Crippen LogP) is 1.05. The molecule has 84 valence electrons. The van der Waals surface area contributed by atoms with Gasteiger partial charge in [0.15, 0.2) is 11.6 Å². The fourth-order valence-corrected chi connectivity index (χ4v) is 1.00. The molecule has 1 aromatic rings. The van der Waals surface area contributed by atoms with E-state index in [1.165, 1.54) is 6.07 Å². The van der Waals surface area contributed by atoms with E-state index in [0.29, 0.717) is 6.42 Å². The third kappa shape index (κ3) is 3.81. The molecule has 15 heavy (non-hydrogen) atoms. The van der Waals surface area contributed by atoms with Crippen molar-refractivity contribution in [3.63, 3.8) is 0 Å². The molecule has 3 N–H and O–H groups in total. The zero-order valence-corrected chi connectivity index (χ0v) is 8.12. The summed E-state index contributed by atoms with van der Waals surface area (Å²) in [4.78, 5) is 0. The Kier molecular flexibility index (Phi) is 4.45. The SMILES string of the molecule is NC(CO)CCOc1ccc(F)cc1F. The topological polar surface area (TPSA) is 55.5 Å². The Morgan fingerprint density at radius 2 is 2.13 bits per heavy atom. The second kappa shape index (κ2) is 5.63. The van der Waals surface area contributed by atoms with E-state index in [2.05, 4.69) is 0 Å². The second-order valence-electron chi connectivity index (χ2n) is 3.15. The Labute approximate surface area is 86.5 Å². The van der Waals surface area contributed by atoms with Gasteiger partial charge in [-0.25, -0.2) is 8.78 Å². The normalized spacial score (nSPS) is 12.5. The second-order valence-corrected chi connectivity index (χ2v) is 3.15. The average Bonchev–Trinajstić information content (AvgIpc) is 2.21. The van der Waals surface area contributed by atoms with E-state index in [-0.39, 0.29) is 25.0 Å². The highest BCUT2D eigenvalue weighted by Gasteiger charge is 2.05. The van der Waals surface area contributed by atoms with E-state index in [0.717, 1.165) is 12.1 Å². The Hall–Kier alpha value is -1.20. The zero-order chi connectivity index (χ0) is 11.3. The first-order valence-corrected chi connectivity index (χ1v) is 4.57. The first kappa shape index (κ1) is 11.9. The lowest BCUT2D eigenvalue weighted by Crippen LogP contribution is -2.26. The summed E-state index contributed by atoms with van der Waals surface area (Å²) in [6, 6.07) is 2.70. The summed E-state index contributed by atoms with van der Waals surface area (Å²) in [5, 5.41) is 8.62. The fraction of sp³-hybridized carbons (Fsp3) is 0.400. The van der Waals surface area contributed by atoms with Gasteiger partial charge in [-0.3, -0.25) is 0 Å². The lowest BCUT2D eigenvalue weighted by Gasteiger charge is -2.10. The van der Waals surface area contributed by atoms with Gasteiger partial charge in [0.25, 0.3) is 0 Å². The van der Waals surface area contributed by atoms with Gasteiger partial charge in [-0.05, 0) is 18.6 Å². The van der Waals surface area contributed by atoms with E-state index in [4.69, 9.17) is 15.6 Å². The molecule has 3 nitrogen and oxygen atoms in total. The van der Waals surface area contributed by atoms with Crippen LogP contribution in [-0.4, -0.2) is 24.4 Å². The highest BCUT2D eigenvalue weighted by Crippen LogP contribution is 2.17. The Morgan fingerprint density at radius 1 is 1.40 bits per heavy atom. The largest absolute Gasteiger partial charge is 0.490 e. The van der Waals surface area contributed by atoms with E-state index in [1.807, 2.05) is 0 Å². The lowest BCUT2D eigenvalue weighted by molar-refractivity contribution is 0.226. The van der Waals surface area contributed by atoms with Crippen molar-refractivity contribution >= 4 is 0 Å². The van der Waals surface area contributed by atoms with E-state index in [9.17, 15) is 8.78 Å². The summed E-state index contributed by atoms with van der Waals surface area (Å²) in [6.45, 7) is 0.0412. The highest BCUT2D eigenvalue weighted by atomic mass is 19.1. The van der Waals surface area contributed by atoms with Crippen LogP contribution >= 0.6 is 0 Å². The van der Waals surface area contributed by atoms with Crippen LogP contribution in [0.2, 0.25) is 0 Å². The monoisotopic (exact) mass is 217 g/mol. The van der Waals surface area contributed by atoms with Gasteiger partial charge >= 0.3 is 0 Å². The molecule has 0 aliphatic carbocycles. The van der Waals surface area contributed by atoms with Gasteiger partial charge in [-0.2, -0.15) is 0 Å². The summed E-state index contributed by atoms with van der Waals surface area (Å²) in [7, 11) is 0. The van der Waals surface area contributed by atoms with Crippen LogP contribution in [0.5, 0.6) is 5.75 Å². The maximum absolute atomic E-state index is 13.0. The summed E-state index contributed by atoms with van der Waals surface area (Å²) in [5.41, 5.74) is 5.42. The van der Waals surface area contributed by atoms with Gasteiger partial charge in [-0.15, -0.1) is 0 Å². The molecule has 0 aliphatic rings. The number of benzene rings is 1. The van der Waals surface area contributed by atoms with Crippen molar-refractivity contribution in [1.82, 2.24) is 0 Å². The molecule has 1 rings (SSSR count). The van der Waals surface area contributed by atoms with Crippen molar-refractivity contribution < 1.29 is 18.6 Å². The maximum Gasteiger partial charge on any atom is 0.167 e. The molecule has 1 atom stereocenters. The van der Waals surface area contributed by atoms with Crippen molar-refractivity contribution in [2.45, 2.75) is 12.5 Å². The number of ether oxygens (including phenoxy) is 1. The van der Waals surface area contributed by atoms with Gasteiger partial charge in [0.05, 0.1) is 13.2 Å². The van der Waals surface area contributed by atoms with Gasteiger partial charge in [0.1, 0.15) is 5.82 Å². The number of aliphatic hydroxyl groups excluding tert-OH is 1. The van der Waals surface area contributed by atoms with E-state index < -0.39 is 11.6 Å². The average molecular weight is 217 g/mol. The molecule has 1 unspecified atom stereocenters. The zero-order valence-electron chi connectivity index (χ0n) is 8.12. The number of nitrogens with two attached hydrogens (primary N) is 1. The number of halogens is 2. The molecule has 0 fully saturated rings. The van der Waals surface area contributed by atoms with E-state index in [1.54, 1.807) is 0 Å². The van der Waals surface area contributed by atoms with Crippen molar-refractivity contribution in [1.29, 1.82) is 0 Å². The van der Waals surface area contributed by atoms with Gasteiger partial charge in [0.2, 0.25) is 0 Å². The number of rotatable bonds is 5. The van der Waals surface area contributed by atoms with Crippen LogP contribution in [0.25, 0.3) is 0 Å². The van der Waals surface area contributed by atoms with Crippen LogP contribution in [0.1, 0.15) is 6.42 Å². The maximum atomic E-state index is 13.0. The van der Waals surface area contributed by atoms with Gasteiger partial charge < -0.3 is 15.6 Å². The number of aliphatic hydroxyl groups is 1.